The maximum absolute atomic E-state index is 12.1. The van der Waals surface area contributed by atoms with Crippen LogP contribution in [-0.4, -0.2) is 6.36 Å². The maximum Gasteiger partial charge on any atom is 0.573 e. The molecule has 0 bridgehead atoms. The zero-order valence-electron chi connectivity index (χ0n) is 12.9. The number of benzene rings is 1. The molecule has 1 nitrogen and oxygen atoms in total. The van der Waals surface area contributed by atoms with Gasteiger partial charge in [-0.1, -0.05) is 31.2 Å². The van der Waals surface area contributed by atoms with Gasteiger partial charge in [0.1, 0.15) is 5.75 Å². The number of hydrogen-bond acceptors (Lipinski definition) is 1. The summed E-state index contributed by atoms with van der Waals surface area (Å²) in [5.74, 6) is 1.08. The van der Waals surface area contributed by atoms with Gasteiger partial charge in [0.2, 0.25) is 0 Å². The molecular formula is C18H23F3O. The van der Waals surface area contributed by atoms with Gasteiger partial charge in [-0.05, 0) is 68.1 Å². The first-order chi connectivity index (χ1) is 10.5. The minimum atomic E-state index is -4.62. The lowest BCUT2D eigenvalue weighted by Gasteiger charge is -2.28. The molecule has 0 atom stereocenters. The Morgan fingerprint density at radius 3 is 2.23 bits per heavy atom. The molecule has 4 heteroatoms. The molecule has 1 saturated carbocycles. The summed E-state index contributed by atoms with van der Waals surface area (Å²) < 4.78 is 40.3. The van der Waals surface area contributed by atoms with Crippen LogP contribution >= 0.6 is 0 Å². The third-order valence-corrected chi connectivity index (χ3v) is 4.30. The van der Waals surface area contributed by atoms with Gasteiger partial charge in [0.05, 0.1) is 0 Å². The maximum atomic E-state index is 12.1. The predicted octanol–water partition coefficient (Wildman–Crippen LogP) is 6.22. The Morgan fingerprint density at radius 2 is 1.68 bits per heavy atom. The molecule has 1 aliphatic rings. The molecule has 0 spiro atoms. The van der Waals surface area contributed by atoms with Crippen LogP contribution < -0.4 is 4.74 Å². The van der Waals surface area contributed by atoms with Crippen molar-refractivity contribution in [1.29, 1.82) is 0 Å². The number of hydrogen-bond donors (Lipinski definition) is 0. The second-order valence-electron chi connectivity index (χ2n) is 5.95. The molecule has 0 N–H and O–H groups in total. The van der Waals surface area contributed by atoms with Crippen molar-refractivity contribution < 1.29 is 17.9 Å². The van der Waals surface area contributed by atoms with Crippen molar-refractivity contribution in [2.24, 2.45) is 5.92 Å². The lowest BCUT2D eigenvalue weighted by Crippen LogP contribution is -2.17. The lowest BCUT2D eigenvalue weighted by molar-refractivity contribution is -0.274. The molecular weight excluding hydrogens is 289 g/mol. The first-order valence-electron chi connectivity index (χ1n) is 7.98. The molecule has 0 radical (unpaired) electrons. The first kappa shape index (κ1) is 16.9. The summed E-state index contributed by atoms with van der Waals surface area (Å²) in [5, 5.41) is 0. The molecule has 22 heavy (non-hydrogen) atoms. The number of alkyl halides is 3. The predicted molar refractivity (Wildman–Crippen MR) is 81.9 cm³/mol. The zero-order chi connectivity index (χ0) is 16.0. The normalized spacial score (nSPS) is 22.9. The van der Waals surface area contributed by atoms with E-state index < -0.39 is 6.36 Å². The van der Waals surface area contributed by atoms with Gasteiger partial charge < -0.3 is 4.74 Å². The highest BCUT2D eigenvalue weighted by Crippen LogP contribution is 2.37. The van der Waals surface area contributed by atoms with Crippen LogP contribution in [0.5, 0.6) is 5.75 Å². The summed E-state index contributed by atoms with van der Waals surface area (Å²) >= 11 is 0. The fourth-order valence-corrected chi connectivity index (χ4v) is 3.13. The van der Waals surface area contributed by atoms with E-state index in [1.807, 2.05) is 0 Å². The fourth-order valence-electron chi connectivity index (χ4n) is 3.13. The molecule has 0 aliphatic heterocycles. The van der Waals surface area contributed by atoms with E-state index in [9.17, 15) is 13.2 Å². The van der Waals surface area contributed by atoms with Crippen LogP contribution in [0.25, 0.3) is 0 Å². The van der Waals surface area contributed by atoms with Crippen molar-refractivity contribution in [1.82, 2.24) is 0 Å². The highest BCUT2D eigenvalue weighted by atomic mass is 19.4. The van der Waals surface area contributed by atoms with E-state index in [1.165, 1.54) is 25.0 Å². The van der Waals surface area contributed by atoms with E-state index in [2.05, 4.69) is 23.8 Å². The van der Waals surface area contributed by atoms with E-state index in [1.54, 1.807) is 12.1 Å². The van der Waals surface area contributed by atoms with Crippen molar-refractivity contribution >= 4 is 0 Å². The molecule has 1 aromatic rings. The van der Waals surface area contributed by atoms with Crippen LogP contribution in [0.2, 0.25) is 0 Å². The fraction of sp³-hybridized carbons (Fsp3) is 0.556. The van der Waals surface area contributed by atoms with Gasteiger partial charge in [0, 0.05) is 0 Å². The molecule has 1 fully saturated rings. The van der Waals surface area contributed by atoms with Gasteiger partial charge in [0.15, 0.2) is 0 Å². The van der Waals surface area contributed by atoms with Crippen molar-refractivity contribution in [3.8, 4) is 5.75 Å². The topological polar surface area (TPSA) is 9.23 Å². The van der Waals surface area contributed by atoms with Gasteiger partial charge in [-0.15, -0.1) is 13.2 Å². The van der Waals surface area contributed by atoms with E-state index in [0.29, 0.717) is 5.92 Å². The Kier molecular flexibility index (Phi) is 5.92. The van der Waals surface area contributed by atoms with Crippen LogP contribution in [0.1, 0.15) is 56.9 Å². The smallest absolute Gasteiger partial charge is 0.406 e. The summed E-state index contributed by atoms with van der Waals surface area (Å²) in [7, 11) is 0. The van der Waals surface area contributed by atoms with Crippen LogP contribution in [-0.2, 0) is 0 Å². The van der Waals surface area contributed by atoms with Crippen molar-refractivity contribution in [3.05, 3.63) is 42.0 Å². The second kappa shape index (κ2) is 7.70. The molecule has 0 unspecified atom stereocenters. The van der Waals surface area contributed by atoms with Crippen LogP contribution in [0.3, 0.4) is 0 Å². The number of allylic oxidation sites excluding steroid dienone is 2. The Bertz CT molecular complexity index is 468. The monoisotopic (exact) mass is 312 g/mol. The van der Waals surface area contributed by atoms with Gasteiger partial charge in [-0.2, -0.15) is 0 Å². The molecule has 1 aliphatic carbocycles. The van der Waals surface area contributed by atoms with E-state index in [0.717, 1.165) is 37.2 Å². The van der Waals surface area contributed by atoms with E-state index in [-0.39, 0.29) is 5.75 Å². The SMILES string of the molecule is CC/C=C/CC1CCC(c2ccc(OC(F)(F)F)cc2)CC1. The van der Waals surface area contributed by atoms with Gasteiger partial charge in [-0.3, -0.25) is 0 Å². The highest BCUT2D eigenvalue weighted by Gasteiger charge is 2.31. The Labute approximate surface area is 130 Å². The molecule has 2 rings (SSSR count). The Hall–Kier alpha value is -1.45. The third kappa shape index (κ3) is 5.39. The van der Waals surface area contributed by atoms with Gasteiger partial charge >= 0.3 is 6.36 Å². The van der Waals surface area contributed by atoms with Crippen LogP contribution in [0.4, 0.5) is 13.2 Å². The number of ether oxygens (including phenoxy) is 1. The Balaban J connectivity index is 1.85. The van der Waals surface area contributed by atoms with E-state index in [4.69, 9.17) is 0 Å². The highest BCUT2D eigenvalue weighted by molar-refractivity contribution is 5.29. The van der Waals surface area contributed by atoms with Gasteiger partial charge in [-0.25, -0.2) is 0 Å². The molecule has 122 valence electrons. The van der Waals surface area contributed by atoms with Crippen LogP contribution in [0.15, 0.2) is 36.4 Å². The van der Waals surface area contributed by atoms with Crippen molar-refractivity contribution in [3.63, 3.8) is 0 Å². The first-order valence-corrected chi connectivity index (χ1v) is 7.98. The summed E-state index contributed by atoms with van der Waals surface area (Å²) in [6.07, 6.45) is 6.72. The average Bonchev–Trinajstić information content (AvgIpc) is 2.48. The second-order valence-corrected chi connectivity index (χ2v) is 5.95. The number of rotatable bonds is 5. The Morgan fingerprint density at radius 1 is 1.05 bits per heavy atom. The lowest BCUT2D eigenvalue weighted by atomic mass is 9.77. The minimum Gasteiger partial charge on any atom is -0.406 e. The van der Waals surface area contributed by atoms with E-state index >= 15 is 0 Å². The zero-order valence-corrected chi connectivity index (χ0v) is 12.9. The van der Waals surface area contributed by atoms with Crippen molar-refractivity contribution in [2.45, 2.75) is 57.7 Å². The summed E-state index contributed by atoms with van der Waals surface area (Å²) in [6, 6.07) is 6.36. The van der Waals surface area contributed by atoms with Crippen molar-refractivity contribution in [2.75, 3.05) is 0 Å². The van der Waals surface area contributed by atoms with Gasteiger partial charge in [0.25, 0.3) is 0 Å². The third-order valence-electron chi connectivity index (χ3n) is 4.30. The molecule has 0 amide bonds. The molecule has 0 aromatic heterocycles. The summed E-state index contributed by atoms with van der Waals surface area (Å²) in [4.78, 5) is 0. The summed E-state index contributed by atoms with van der Waals surface area (Å²) in [5.41, 5.74) is 1.12. The molecule has 0 saturated heterocycles. The quantitative estimate of drug-likeness (QED) is 0.587. The molecule has 0 heterocycles. The molecule has 1 aromatic carbocycles. The summed E-state index contributed by atoms with van der Waals surface area (Å²) in [6.45, 7) is 2.14. The average molecular weight is 312 g/mol. The minimum absolute atomic E-state index is 0.144. The van der Waals surface area contributed by atoms with Crippen LogP contribution in [0, 0.1) is 5.92 Å². The number of halogens is 3. The standard InChI is InChI=1S/C18H23F3O/c1-2-3-4-5-14-6-8-15(9-7-14)16-10-12-17(13-11-16)22-18(19,20)21/h3-4,10-15H,2,5-9H2,1H3/b4-3+. The largest absolute Gasteiger partial charge is 0.573 e.